The Morgan fingerprint density at radius 2 is 2.18 bits per heavy atom. The molecule has 2 N–H and O–H groups in total. The summed E-state index contributed by atoms with van der Waals surface area (Å²) in [7, 11) is 1.56. The van der Waals surface area contributed by atoms with Crippen molar-refractivity contribution < 1.29 is 4.74 Å². The monoisotopic (exact) mass is 226 g/mol. The minimum Gasteiger partial charge on any atom is -0.496 e. The van der Waals surface area contributed by atoms with E-state index >= 15 is 0 Å². The van der Waals surface area contributed by atoms with Crippen molar-refractivity contribution in [3.8, 4) is 23.1 Å². The molecule has 5 heteroatoms. The summed E-state index contributed by atoms with van der Waals surface area (Å²) in [6.45, 7) is 0. The molecule has 0 aliphatic rings. The molecule has 0 bridgehead atoms. The second-order valence-corrected chi connectivity index (χ2v) is 3.36. The lowest BCUT2D eigenvalue weighted by atomic mass is 10.1. The predicted molar refractivity (Wildman–Crippen MR) is 63.1 cm³/mol. The number of nitrogens with zero attached hydrogens (tertiary/aromatic N) is 3. The van der Waals surface area contributed by atoms with Crippen LogP contribution in [0.3, 0.4) is 0 Å². The molecular weight excluding hydrogens is 216 g/mol. The molecule has 84 valence electrons. The Kier molecular flexibility index (Phi) is 2.88. The standard InChI is InChI=1S/C12H10N4O/c1-17-11-3-2-8(5-13)4-9(11)10-6-15-7-12(14)16-10/h2-4,6-7H,1H3,(H2,14,16). The fourth-order valence-electron chi connectivity index (χ4n) is 1.49. The van der Waals surface area contributed by atoms with E-state index in [1.807, 2.05) is 0 Å². The van der Waals surface area contributed by atoms with E-state index in [1.54, 1.807) is 31.5 Å². The number of ether oxygens (including phenoxy) is 1. The van der Waals surface area contributed by atoms with E-state index < -0.39 is 0 Å². The number of hydrogen-bond donors (Lipinski definition) is 1. The molecule has 1 aromatic heterocycles. The van der Waals surface area contributed by atoms with Gasteiger partial charge in [-0.2, -0.15) is 5.26 Å². The highest BCUT2D eigenvalue weighted by Gasteiger charge is 2.09. The zero-order valence-electron chi connectivity index (χ0n) is 9.21. The van der Waals surface area contributed by atoms with Gasteiger partial charge in [-0.15, -0.1) is 0 Å². The number of nitrogens with two attached hydrogens (primary N) is 1. The first-order chi connectivity index (χ1) is 8.24. The molecule has 1 heterocycles. The van der Waals surface area contributed by atoms with Crippen molar-refractivity contribution in [2.45, 2.75) is 0 Å². The topological polar surface area (TPSA) is 84.8 Å². The highest BCUT2D eigenvalue weighted by Crippen LogP contribution is 2.29. The van der Waals surface area contributed by atoms with Crippen LogP contribution < -0.4 is 10.5 Å². The van der Waals surface area contributed by atoms with Crippen LogP contribution >= 0.6 is 0 Å². The Hall–Kier alpha value is -2.61. The van der Waals surface area contributed by atoms with Gasteiger partial charge in [0.15, 0.2) is 0 Å². The second kappa shape index (κ2) is 4.49. The molecule has 0 saturated carbocycles. The van der Waals surface area contributed by atoms with Gasteiger partial charge in [0.2, 0.25) is 0 Å². The summed E-state index contributed by atoms with van der Waals surface area (Å²) in [6, 6.07) is 7.17. The van der Waals surface area contributed by atoms with Crippen LogP contribution in [0.4, 0.5) is 5.82 Å². The van der Waals surface area contributed by atoms with Gasteiger partial charge in [-0.05, 0) is 18.2 Å². The van der Waals surface area contributed by atoms with Crippen molar-refractivity contribution >= 4 is 5.82 Å². The van der Waals surface area contributed by atoms with Gasteiger partial charge < -0.3 is 10.5 Å². The van der Waals surface area contributed by atoms with Gasteiger partial charge >= 0.3 is 0 Å². The number of aromatic nitrogens is 2. The Labute approximate surface area is 98.5 Å². The Balaban J connectivity index is 2.61. The van der Waals surface area contributed by atoms with Crippen molar-refractivity contribution in [1.29, 1.82) is 5.26 Å². The van der Waals surface area contributed by atoms with Gasteiger partial charge in [0.25, 0.3) is 0 Å². The molecule has 17 heavy (non-hydrogen) atoms. The largest absolute Gasteiger partial charge is 0.496 e. The summed E-state index contributed by atoms with van der Waals surface area (Å²) in [4.78, 5) is 8.12. The van der Waals surface area contributed by atoms with Crippen molar-refractivity contribution in [2.24, 2.45) is 0 Å². The van der Waals surface area contributed by atoms with E-state index in [2.05, 4.69) is 16.0 Å². The van der Waals surface area contributed by atoms with Crippen LogP contribution in [0.5, 0.6) is 5.75 Å². The number of nitrogen functional groups attached to an aromatic ring is 1. The summed E-state index contributed by atoms with van der Waals surface area (Å²) in [5.74, 6) is 0.954. The summed E-state index contributed by atoms with van der Waals surface area (Å²) in [5, 5.41) is 8.88. The Morgan fingerprint density at radius 3 is 2.82 bits per heavy atom. The molecule has 0 aliphatic heterocycles. The number of anilines is 1. The second-order valence-electron chi connectivity index (χ2n) is 3.36. The van der Waals surface area contributed by atoms with Crippen LogP contribution in [0.15, 0.2) is 30.6 Å². The molecular formula is C12H10N4O. The molecule has 5 nitrogen and oxygen atoms in total. The average molecular weight is 226 g/mol. The summed E-state index contributed by atoms with van der Waals surface area (Å²) >= 11 is 0. The van der Waals surface area contributed by atoms with Crippen molar-refractivity contribution in [3.63, 3.8) is 0 Å². The summed E-state index contributed by atoms with van der Waals surface area (Å²) < 4.78 is 5.22. The van der Waals surface area contributed by atoms with E-state index in [-0.39, 0.29) is 0 Å². The Morgan fingerprint density at radius 1 is 1.35 bits per heavy atom. The maximum absolute atomic E-state index is 8.88. The first kappa shape index (κ1) is 10.9. The molecule has 0 saturated heterocycles. The quantitative estimate of drug-likeness (QED) is 0.840. The summed E-state index contributed by atoms with van der Waals surface area (Å²) in [5.41, 5.74) is 7.39. The molecule has 2 rings (SSSR count). The molecule has 0 unspecified atom stereocenters. The third-order valence-corrected chi connectivity index (χ3v) is 2.26. The molecule has 0 atom stereocenters. The van der Waals surface area contributed by atoms with Gasteiger partial charge in [0.1, 0.15) is 11.6 Å². The first-order valence-electron chi connectivity index (χ1n) is 4.90. The molecule has 0 aliphatic carbocycles. The van der Waals surface area contributed by atoms with Crippen LogP contribution in [0.1, 0.15) is 5.56 Å². The van der Waals surface area contributed by atoms with Crippen LogP contribution in [0.2, 0.25) is 0 Å². The maximum Gasteiger partial charge on any atom is 0.142 e. The average Bonchev–Trinajstić information content (AvgIpc) is 2.38. The highest BCUT2D eigenvalue weighted by molar-refractivity contribution is 5.69. The molecule has 1 aromatic carbocycles. The van der Waals surface area contributed by atoms with E-state index in [1.165, 1.54) is 6.20 Å². The number of rotatable bonds is 2. The SMILES string of the molecule is COc1ccc(C#N)cc1-c1cncc(N)n1. The van der Waals surface area contributed by atoms with Gasteiger partial charge in [-0.3, -0.25) is 4.98 Å². The molecule has 0 amide bonds. The first-order valence-corrected chi connectivity index (χ1v) is 4.90. The van der Waals surface area contributed by atoms with Crippen LogP contribution in [0.25, 0.3) is 11.3 Å². The lowest BCUT2D eigenvalue weighted by molar-refractivity contribution is 0.416. The van der Waals surface area contributed by atoms with Crippen molar-refractivity contribution in [2.75, 3.05) is 12.8 Å². The van der Waals surface area contributed by atoms with Crippen LogP contribution in [-0.4, -0.2) is 17.1 Å². The number of methoxy groups -OCH3 is 1. The number of benzene rings is 1. The zero-order chi connectivity index (χ0) is 12.3. The third kappa shape index (κ3) is 2.16. The third-order valence-electron chi connectivity index (χ3n) is 2.26. The lowest BCUT2D eigenvalue weighted by Gasteiger charge is -2.08. The van der Waals surface area contributed by atoms with Crippen molar-refractivity contribution in [3.05, 3.63) is 36.2 Å². The van der Waals surface area contributed by atoms with E-state index in [4.69, 9.17) is 15.7 Å². The van der Waals surface area contributed by atoms with E-state index in [0.29, 0.717) is 28.4 Å². The summed E-state index contributed by atoms with van der Waals surface area (Å²) in [6.07, 6.45) is 3.04. The maximum atomic E-state index is 8.88. The van der Waals surface area contributed by atoms with Gasteiger partial charge in [-0.25, -0.2) is 4.98 Å². The molecule has 0 fully saturated rings. The van der Waals surface area contributed by atoms with Gasteiger partial charge in [-0.1, -0.05) is 0 Å². The smallest absolute Gasteiger partial charge is 0.142 e. The van der Waals surface area contributed by atoms with Gasteiger partial charge in [0.05, 0.1) is 36.8 Å². The molecule has 2 aromatic rings. The molecule has 0 spiro atoms. The fraction of sp³-hybridized carbons (Fsp3) is 0.0833. The minimum absolute atomic E-state index is 0.326. The normalized spacial score (nSPS) is 9.65. The van der Waals surface area contributed by atoms with E-state index in [0.717, 1.165) is 0 Å². The highest BCUT2D eigenvalue weighted by atomic mass is 16.5. The number of hydrogen-bond acceptors (Lipinski definition) is 5. The van der Waals surface area contributed by atoms with Crippen LogP contribution in [-0.2, 0) is 0 Å². The Bertz CT molecular complexity index is 589. The number of nitriles is 1. The lowest BCUT2D eigenvalue weighted by Crippen LogP contribution is -1.96. The zero-order valence-corrected chi connectivity index (χ0v) is 9.21. The van der Waals surface area contributed by atoms with Crippen molar-refractivity contribution in [1.82, 2.24) is 9.97 Å². The molecule has 0 radical (unpaired) electrons. The predicted octanol–water partition coefficient (Wildman–Crippen LogP) is 1.61. The minimum atomic E-state index is 0.326. The van der Waals surface area contributed by atoms with E-state index in [9.17, 15) is 0 Å². The van der Waals surface area contributed by atoms with Gasteiger partial charge in [0, 0.05) is 5.56 Å². The van der Waals surface area contributed by atoms with Crippen LogP contribution in [0, 0.1) is 11.3 Å². The fourth-order valence-corrected chi connectivity index (χ4v) is 1.49.